The van der Waals surface area contributed by atoms with Gasteiger partial charge in [0.15, 0.2) is 5.66 Å². The molecule has 5 aromatic rings. The summed E-state index contributed by atoms with van der Waals surface area (Å²) in [6.07, 6.45) is 0.825. The number of H-pyrrole nitrogens is 1. The minimum absolute atomic E-state index is 0. The highest BCUT2D eigenvalue weighted by molar-refractivity contribution is 7.96. The monoisotopic (exact) mass is 555 g/mol. The summed E-state index contributed by atoms with van der Waals surface area (Å²) in [6, 6.07) is 40.0. The molecular weight excluding hydrogens is 529 g/mol. The van der Waals surface area contributed by atoms with Crippen LogP contribution < -0.4 is 32.9 Å². The van der Waals surface area contributed by atoms with Crippen molar-refractivity contribution in [3.8, 4) is 0 Å². The Morgan fingerprint density at radius 1 is 0.750 bits per heavy atom. The molecule has 0 aliphatic carbocycles. The van der Waals surface area contributed by atoms with Crippen molar-refractivity contribution in [3.05, 3.63) is 121 Å². The number of rotatable bonds is 6. The third kappa shape index (κ3) is 4.17. The Labute approximate surface area is 222 Å². The van der Waals surface area contributed by atoms with E-state index in [4.69, 9.17) is 4.98 Å². The van der Waals surface area contributed by atoms with Crippen molar-refractivity contribution < 1.29 is 21.8 Å². The number of hydrogen-bond acceptors (Lipinski definition) is 2. The summed E-state index contributed by atoms with van der Waals surface area (Å²) in [5, 5.41) is 3.75. The first-order chi connectivity index (χ1) is 17.3. The highest BCUT2D eigenvalue weighted by atomic mass is 79.9. The van der Waals surface area contributed by atoms with Gasteiger partial charge >= 0.3 is 0 Å². The largest absolute Gasteiger partial charge is 1.00 e. The van der Waals surface area contributed by atoms with E-state index in [0.717, 1.165) is 29.8 Å². The smallest absolute Gasteiger partial charge is 0.265 e. The van der Waals surface area contributed by atoms with E-state index in [0.29, 0.717) is 6.54 Å². The number of aromatic amines is 1. The summed E-state index contributed by atoms with van der Waals surface area (Å²) in [7, 11) is -2.25. The lowest BCUT2D eigenvalue weighted by molar-refractivity contribution is -0.127. The molecule has 6 heteroatoms. The number of carbonyl (C=O) groups excluding carboxylic acids is 1. The second-order valence-electron chi connectivity index (χ2n) is 8.99. The molecule has 0 radical (unpaired) electrons. The fourth-order valence-corrected chi connectivity index (χ4v) is 10.4. The van der Waals surface area contributed by atoms with Crippen molar-refractivity contribution in [2.24, 2.45) is 0 Å². The van der Waals surface area contributed by atoms with E-state index in [-0.39, 0.29) is 28.5 Å². The molecule has 2 heterocycles. The average Bonchev–Trinajstić information content (AvgIpc) is 3.50. The number of halogens is 1. The number of nitrogens with one attached hydrogen (secondary N) is 1. The molecule has 1 unspecified atom stereocenters. The van der Waals surface area contributed by atoms with Crippen LogP contribution in [0.4, 0.5) is 0 Å². The number of aromatic nitrogens is 2. The summed E-state index contributed by atoms with van der Waals surface area (Å²) in [4.78, 5) is 24.3. The van der Waals surface area contributed by atoms with Gasteiger partial charge in [-0.2, -0.15) is 0 Å². The number of para-hydroxylation sites is 2. The number of imidazole rings is 1. The molecule has 1 aliphatic heterocycles. The molecular formula is C30H27BrN3OP. The van der Waals surface area contributed by atoms with Crippen LogP contribution in [-0.4, -0.2) is 33.0 Å². The molecule has 1 aliphatic rings. The first kappa shape index (κ1) is 24.4. The van der Waals surface area contributed by atoms with Gasteiger partial charge in [-0.05, 0) is 48.5 Å². The molecule has 0 saturated carbocycles. The molecule has 36 heavy (non-hydrogen) atoms. The molecule has 1 N–H and O–H groups in total. The Bertz CT molecular complexity index is 1330. The van der Waals surface area contributed by atoms with Gasteiger partial charge < -0.3 is 26.9 Å². The molecule has 6 rings (SSSR count). The van der Waals surface area contributed by atoms with Crippen molar-refractivity contribution in [2.45, 2.75) is 18.6 Å². The topological polar surface area (TPSA) is 49.0 Å². The number of likely N-dealkylation sites (tertiary alicyclic amines) is 1. The number of fused-ring (bicyclic) bond motifs is 1. The molecule has 4 nitrogen and oxygen atoms in total. The quantitative estimate of drug-likeness (QED) is 0.324. The van der Waals surface area contributed by atoms with Gasteiger partial charge in [0.2, 0.25) is 0 Å². The number of nitrogens with zero attached hydrogens (tertiary/aromatic N) is 2. The zero-order chi connectivity index (χ0) is 23.7. The second kappa shape index (κ2) is 10.4. The second-order valence-corrected chi connectivity index (χ2v) is 12.6. The van der Waals surface area contributed by atoms with Crippen LogP contribution in [0.25, 0.3) is 11.0 Å². The third-order valence-electron chi connectivity index (χ3n) is 7.01. The highest BCUT2D eigenvalue weighted by Gasteiger charge is 2.58. The fraction of sp³-hybridized carbons (Fsp3) is 0.133. The molecule has 1 atom stereocenters. The van der Waals surface area contributed by atoms with Crippen LogP contribution in [0.1, 0.15) is 12.2 Å². The minimum Gasteiger partial charge on any atom is -1.00 e. The zero-order valence-electron chi connectivity index (χ0n) is 19.8. The first-order valence-corrected chi connectivity index (χ1v) is 13.9. The summed E-state index contributed by atoms with van der Waals surface area (Å²) in [5.74, 6) is 1.05. The lowest BCUT2D eigenvalue weighted by Crippen LogP contribution is -3.00. The lowest BCUT2D eigenvalue weighted by atomic mass is 10.3. The van der Waals surface area contributed by atoms with Gasteiger partial charge in [0, 0.05) is 13.0 Å². The standard InChI is InChI=1S/C30H27N3OP.BrH/c34-30-28(20-21-33(30)22-29-31-26-18-10-11-19-27(26)32-29)35(23-12-4-1-5-13-23,24-14-6-2-7-15-24)25-16-8-3-9-17-25;/h1-19,28H,20-22H2,(H,31,32);1H/q+1;/p-1. The maximum Gasteiger partial charge on any atom is 0.265 e. The van der Waals surface area contributed by atoms with Crippen molar-refractivity contribution in [1.29, 1.82) is 0 Å². The molecule has 180 valence electrons. The Morgan fingerprint density at radius 2 is 1.25 bits per heavy atom. The molecule has 4 aromatic carbocycles. The Hall–Kier alpha value is -3.27. The lowest BCUT2D eigenvalue weighted by Gasteiger charge is -2.31. The summed E-state index contributed by atoms with van der Waals surface area (Å²) in [6.45, 7) is 1.23. The zero-order valence-corrected chi connectivity index (χ0v) is 22.3. The van der Waals surface area contributed by atoms with E-state index in [1.165, 1.54) is 15.9 Å². The van der Waals surface area contributed by atoms with Gasteiger partial charge in [-0.15, -0.1) is 0 Å². The predicted octanol–water partition coefficient (Wildman–Crippen LogP) is 1.66. The summed E-state index contributed by atoms with van der Waals surface area (Å²) in [5.41, 5.74) is 1.83. The maximum absolute atomic E-state index is 14.2. The van der Waals surface area contributed by atoms with Gasteiger partial charge in [0.25, 0.3) is 5.91 Å². The Balaban J connectivity index is 0.00000267. The minimum atomic E-state index is -2.25. The Morgan fingerprint density at radius 3 is 1.78 bits per heavy atom. The van der Waals surface area contributed by atoms with Crippen molar-refractivity contribution in [3.63, 3.8) is 0 Å². The average molecular weight is 556 g/mol. The van der Waals surface area contributed by atoms with E-state index < -0.39 is 7.26 Å². The van der Waals surface area contributed by atoms with Gasteiger partial charge in [0.1, 0.15) is 29.0 Å². The molecule has 0 spiro atoms. The van der Waals surface area contributed by atoms with Gasteiger partial charge in [-0.1, -0.05) is 66.7 Å². The van der Waals surface area contributed by atoms with Crippen LogP contribution in [0.2, 0.25) is 0 Å². The normalized spacial score (nSPS) is 15.7. The van der Waals surface area contributed by atoms with Crippen LogP contribution >= 0.6 is 7.26 Å². The first-order valence-electron chi connectivity index (χ1n) is 12.0. The van der Waals surface area contributed by atoms with Gasteiger partial charge in [-0.3, -0.25) is 4.79 Å². The fourth-order valence-electron chi connectivity index (χ4n) is 5.48. The van der Waals surface area contributed by atoms with Crippen molar-refractivity contribution >= 4 is 40.1 Å². The summed E-state index contributed by atoms with van der Waals surface area (Å²) >= 11 is 0. The number of benzene rings is 4. The number of hydrogen-bond donors (Lipinski definition) is 1. The van der Waals surface area contributed by atoms with Gasteiger partial charge in [-0.25, -0.2) is 4.98 Å². The van der Waals surface area contributed by atoms with Gasteiger partial charge in [0.05, 0.1) is 17.6 Å². The number of carbonyl (C=O) groups is 1. The van der Waals surface area contributed by atoms with Crippen LogP contribution in [-0.2, 0) is 11.3 Å². The van der Waals surface area contributed by atoms with Crippen LogP contribution in [0.5, 0.6) is 0 Å². The van der Waals surface area contributed by atoms with E-state index in [1.807, 2.05) is 29.2 Å². The molecule has 1 saturated heterocycles. The van der Waals surface area contributed by atoms with E-state index >= 15 is 0 Å². The van der Waals surface area contributed by atoms with E-state index in [9.17, 15) is 4.79 Å². The van der Waals surface area contributed by atoms with Crippen LogP contribution in [0, 0.1) is 0 Å². The summed E-state index contributed by atoms with van der Waals surface area (Å²) < 4.78 is 0. The third-order valence-corrected chi connectivity index (χ3v) is 11.8. The van der Waals surface area contributed by atoms with Crippen molar-refractivity contribution in [1.82, 2.24) is 14.9 Å². The molecule has 1 amide bonds. The van der Waals surface area contributed by atoms with E-state index in [1.54, 1.807) is 0 Å². The van der Waals surface area contributed by atoms with Crippen LogP contribution in [0.15, 0.2) is 115 Å². The van der Waals surface area contributed by atoms with Crippen molar-refractivity contribution in [2.75, 3.05) is 6.54 Å². The highest BCUT2D eigenvalue weighted by Crippen LogP contribution is 2.62. The maximum atomic E-state index is 14.2. The molecule has 1 fully saturated rings. The molecule has 0 bridgehead atoms. The Kier molecular flexibility index (Phi) is 7.04. The SMILES string of the molecule is O=C1C([P+](c2ccccc2)(c2ccccc2)c2ccccc2)CCN1Cc1nc2ccccc2[nH]1.[Br-]. The molecule has 1 aromatic heterocycles. The number of amides is 1. The van der Waals surface area contributed by atoms with Crippen LogP contribution in [0.3, 0.4) is 0 Å². The predicted molar refractivity (Wildman–Crippen MR) is 145 cm³/mol. The van der Waals surface area contributed by atoms with E-state index in [2.05, 4.69) is 96.0 Å².